The number of nitrogens with zero attached hydrogens (tertiary/aromatic N) is 3. The van der Waals surface area contributed by atoms with Crippen LogP contribution >= 0.6 is 0 Å². The van der Waals surface area contributed by atoms with E-state index in [2.05, 4.69) is 4.98 Å². The minimum atomic E-state index is -1.02. The monoisotopic (exact) mass is 267 g/mol. The Bertz CT molecular complexity index is 692. The Balaban J connectivity index is 2.37. The highest BCUT2D eigenvalue weighted by Gasteiger charge is 2.23. The topological polar surface area (TPSA) is 96.9 Å². The van der Waals surface area contributed by atoms with Crippen LogP contribution < -0.4 is 0 Å². The molecule has 0 radical (unpaired) electrons. The number of hydrogen-bond donors (Lipinski definition) is 0. The molecular formula is C14H9N3O3. The Labute approximate surface area is 114 Å². The van der Waals surface area contributed by atoms with Crippen LogP contribution in [-0.4, -0.2) is 15.7 Å². The molecule has 0 saturated carbocycles. The molecule has 1 aromatic carbocycles. The van der Waals surface area contributed by atoms with Gasteiger partial charge in [0.1, 0.15) is 5.92 Å². The van der Waals surface area contributed by atoms with Crippen molar-refractivity contribution >= 4 is 11.5 Å². The summed E-state index contributed by atoms with van der Waals surface area (Å²) in [7, 11) is 0. The number of hydrogen-bond acceptors (Lipinski definition) is 5. The third-order valence-corrected chi connectivity index (χ3v) is 2.75. The smallest absolute Gasteiger partial charge is 0.270 e. The first-order chi connectivity index (χ1) is 9.63. The summed E-state index contributed by atoms with van der Waals surface area (Å²) < 4.78 is 0. The van der Waals surface area contributed by atoms with Gasteiger partial charge in [-0.05, 0) is 11.6 Å². The number of nitro groups is 1. The van der Waals surface area contributed by atoms with Crippen molar-refractivity contribution in [2.24, 2.45) is 0 Å². The number of rotatable bonds is 4. The highest BCUT2D eigenvalue weighted by molar-refractivity contribution is 6.03. The van der Waals surface area contributed by atoms with Gasteiger partial charge in [-0.2, -0.15) is 5.26 Å². The number of nitro benzene ring substituents is 1. The molecule has 0 aliphatic heterocycles. The van der Waals surface area contributed by atoms with E-state index in [1.54, 1.807) is 12.1 Å². The number of carbonyl (C=O) groups excluding carboxylic acids is 1. The SMILES string of the molecule is N#CC(C(=O)c1cccc([N+](=O)[O-])c1)c1cccnc1. The third kappa shape index (κ3) is 2.67. The fraction of sp³-hybridized carbons (Fsp3) is 0.0714. The number of Topliss-reactive ketones (excluding diaryl/α,β-unsaturated/α-hetero) is 1. The number of nitriles is 1. The summed E-state index contributed by atoms with van der Waals surface area (Å²) in [6.07, 6.45) is 2.97. The summed E-state index contributed by atoms with van der Waals surface area (Å²) in [4.78, 5) is 26.3. The van der Waals surface area contributed by atoms with E-state index in [-0.39, 0.29) is 11.3 Å². The van der Waals surface area contributed by atoms with Crippen molar-refractivity contribution in [2.45, 2.75) is 5.92 Å². The highest BCUT2D eigenvalue weighted by atomic mass is 16.6. The van der Waals surface area contributed by atoms with Gasteiger partial charge in [0.25, 0.3) is 5.69 Å². The zero-order valence-electron chi connectivity index (χ0n) is 10.3. The summed E-state index contributed by atoms with van der Waals surface area (Å²) in [6, 6.07) is 10.5. The van der Waals surface area contributed by atoms with E-state index in [1.165, 1.54) is 36.7 Å². The summed E-state index contributed by atoms with van der Waals surface area (Å²) in [5.74, 6) is -1.50. The van der Waals surface area contributed by atoms with Gasteiger partial charge in [-0.3, -0.25) is 19.9 Å². The predicted octanol–water partition coefficient (Wildman–Crippen LogP) is 2.48. The number of benzene rings is 1. The number of ketones is 1. The van der Waals surface area contributed by atoms with Crippen LogP contribution in [0.4, 0.5) is 5.69 Å². The minimum absolute atomic E-state index is 0.134. The molecule has 0 N–H and O–H groups in total. The van der Waals surface area contributed by atoms with Crippen LogP contribution in [0.5, 0.6) is 0 Å². The van der Waals surface area contributed by atoms with Gasteiger partial charge in [-0.1, -0.05) is 18.2 Å². The summed E-state index contributed by atoms with van der Waals surface area (Å²) in [6.45, 7) is 0. The molecule has 0 saturated heterocycles. The molecular weight excluding hydrogens is 258 g/mol. The largest absolute Gasteiger partial charge is 0.292 e. The standard InChI is InChI=1S/C14H9N3O3/c15-8-13(11-4-2-6-16-9-11)14(18)10-3-1-5-12(7-10)17(19)20/h1-7,9,13H. The van der Waals surface area contributed by atoms with Crippen molar-refractivity contribution in [3.8, 4) is 6.07 Å². The molecule has 0 bridgehead atoms. The number of aromatic nitrogens is 1. The molecule has 0 spiro atoms. The Morgan fingerprint density at radius 3 is 2.75 bits per heavy atom. The quantitative estimate of drug-likeness (QED) is 0.481. The molecule has 2 rings (SSSR count). The van der Waals surface area contributed by atoms with E-state index in [1.807, 2.05) is 6.07 Å². The van der Waals surface area contributed by atoms with Gasteiger partial charge in [0.15, 0.2) is 5.78 Å². The van der Waals surface area contributed by atoms with Crippen molar-refractivity contribution in [3.05, 3.63) is 70.0 Å². The average molecular weight is 267 g/mol. The average Bonchev–Trinajstić information content (AvgIpc) is 2.49. The van der Waals surface area contributed by atoms with Crippen LogP contribution in [0.3, 0.4) is 0 Å². The number of carbonyl (C=O) groups is 1. The predicted molar refractivity (Wildman–Crippen MR) is 70.0 cm³/mol. The Hall–Kier alpha value is -3.07. The van der Waals surface area contributed by atoms with E-state index in [0.717, 1.165) is 0 Å². The molecule has 6 heteroatoms. The first-order valence-electron chi connectivity index (χ1n) is 5.71. The van der Waals surface area contributed by atoms with E-state index in [0.29, 0.717) is 5.56 Å². The Kier molecular flexibility index (Phi) is 3.82. The maximum absolute atomic E-state index is 12.3. The van der Waals surface area contributed by atoms with E-state index in [4.69, 9.17) is 5.26 Å². The van der Waals surface area contributed by atoms with Gasteiger partial charge >= 0.3 is 0 Å². The summed E-state index contributed by atoms with van der Waals surface area (Å²) in [5.41, 5.74) is 0.417. The lowest BCUT2D eigenvalue weighted by Gasteiger charge is -2.07. The van der Waals surface area contributed by atoms with E-state index < -0.39 is 16.6 Å². The maximum atomic E-state index is 12.3. The lowest BCUT2D eigenvalue weighted by Crippen LogP contribution is -2.11. The van der Waals surface area contributed by atoms with Crippen LogP contribution in [0.1, 0.15) is 21.8 Å². The second-order valence-electron chi connectivity index (χ2n) is 4.02. The summed E-state index contributed by atoms with van der Waals surface area (Å²) in [5, 5.41) is 19.9. The van der Waals surface area contributed by atoms with Crippen LogP contribution in [0.15, 0.2) is 48.8 Å². The van der Waals surface area contributed by atoms with Crippen molar-refractivity contribution in [2.75, 3.05) is 0 Å². The molecule has 0 amide bonds. The van der Waals surface area contributed by atoms with E-state index in [9.17, 15) is 14.9 Å². The fourth-order valence-electron chi connectivity index (χ4n) is 1.77. The molecule has 0 aliphatic carbocycles. The van der Waals surface area contributed by atoms with Gasteiger partial charge in [0.05, 0.1) is 11.0 Å². The highest BCUT2D eigenvalue weighted by Crippen LogP contribution is 2.22. The molecule has 0 aliphatic rings. The zero-order chi connectivity index (χ0) is 14.5. The van der Waals surface area contributed by atoms with Crippen LogP contribution in [0.2, 0.25) is 0 Å². The van der Waals surface area contributed by atoms with Gasteiger partial charge in [-0.25, -0.2) is 0 Å². The maximum Gasteiger partial charge on any atom is 0.270 e. The van der Waals surface area contributed by atoms with Crippen LogP contribution in [0.25, 0.3) is 0 Å². The molecule has 1 heterocycles. The van der Waals surface area contributed by atoms with Gasteiger partial charge in [-0.15, -0.1) is 0 Å². The van der Waals surface area contributed by atoms with Crippen LogP contribution in [-0.2, 0) is 0 Å². The van der Waals surface area contributed by atoms with Gasteiger partial charge < -0.3 is 0 Å². The molecule has 1 atom stereocenters. The molecule has 1 aromatic heterocycles. The van der Waals surface area contributed by atoms with Crippen molar-refractivity contribution in [1.29, 1.82) is 5.26 Å². The van der Waals surface area contributed by atoms with Crippen molar-refractivity contribution in [1.82, 2.24) is 4.98 Å². The number of pyridine rings is 1. The second-order valence-corrected chi connectivity index (χ2v) is 4.02. The Morgan fingerprint density at radius 2 is 2.15 bits per heavy atom. The molecule has 0 fully saturated rings. The zero-order valence-corrected chi connectivity index (χ0v) is 10.3. The third-order valence-electron chi connectivity index (χ3n) is 2.75. The van der Waals surface area contributed by atoms with E-state index >= 15 is 0 Å². The van der Waals surface area contributed by atoms with Crippen LogP contribution in [0, 0.1) is 21.4 Å². The fourth-order valence-corrected chi connectivity index (χ4v) is 1.77. The molecule has 20 heavy (non-hydrogen) atoms. The molecule has 98 valence electrons. The normalized spacial score (nSPS) is 11.3. The van der Waals surface area contributed by atoms with Gasteiger partial charge in [0.2, 0.25) is 0 Å². The molecule has 2 aromatic rings. The first kappa shape index (κ1) is 13.4. The van der Waals surface area contributed by atoms with Crippen molar-refractivity contribution in [3.63, 3.8) is 0 Å². The van der Waals surface area contributed by atoms with Crippen molar-refractivity contribution < 1.29 is 9.72 Å². The lowest BCUT2D eigenvalue weighted by atomic mass is 9.93. The first-order valence-corrected chi connectivity index (χ1v) is 5.71. The van der Waals surface area contributed by atoms with Gasteiger partial charge in [0, 0.05) is 30.1 Å². The minimum Gasteiger partial charge on any atom is -0.292 e. The lowest BCUT2D eigenvalue weighted by molar-refractivity contribution is -0.384. The molecule has 6 nitrogen and oxygen atoms in total. The Morgan fingerprint density at radius 1 is 1.35 bits per heavy atom. The molecule has 1 unspecified atom stereocenters. The summed E-state index contributed by atoms with van der Waals surface area (Å²) >= 11 is 0. The number of non-ortho nitro benzene ring substituents is 1. The second kappa shape index (κ2) is 5.71.